The van der Waals surface area contributed by atoms with Crippen molar-refractivity contribution >= 4 is 27.7 Å². The molecule has 0 aliphatic heterocycles. The third-order valence-corrected chi connectivity index (χ3v) is 4.61. The number of amides is 1. The number of nitrogens with one attached hydrogen (secondary N) is 1. The standard InChI is InChI=1S/C16H23BrN2O2/c1-15(2,3)21-14(20)19-13-9-11(5-6-12(13)17)16(10-18)7-4-8-16/h5-6,9H,4,7-8,10,18H2,1-3H3,(H,19,20). The van der Waals surface area contributed by atoms with E-state index in [0.717, 1.165) is 23.0 Å². The fourth-order valence-electron chi connectivity index (χ4n) is 2.58. The highest BCUT2D eigenvalue weighted by molar-refractivity contribution is 9.10. The van der Waals surface area contributed by atoms with Crippen LogP contribution >= 0.6 is 15.9 Å². The molecule has 116 valence electrons. The molecule has 1 aromatic carbocycles. The van der Waals surface area contributed by atoms with Crippen LogP contribution in [0, 0.1) is 0 Å². The predicted octanol–water partition coefficient (Wildman–Crippen LogP) is 4.18. The van der Waals surface area contributed by atoms with Gasteiger partial charge in [-0.3, -0.25) is 5.32 Å². The lowest BCUT2D eigenvalue weighted by Crippen LogP contribution is -2.41. The summed E-state index contributed by atoms with van der Waals surface area (Å²) in [7, 11) is 0. The van der Waals surface area contributed by atoms with Crippen LogP contribution in [0.25, 0.3) is 0 Å². The van der Waals surface area contributed by atoms with E-state index in [4.69, 9.17) is 10.5 Å². The van der Waals surface area contributed by atoms with Gasteiger partial charge in [-0.2, -0.15) is 0 Å². The lowest BCUT2D eigenvalue weighted by molar-refractivity contribution is 0.0636. The molecule has 1 aliphatic rings. The molecule has 1 amide bonds. The predicted molar refractivity (Wildman–Crippen MR) is 88.6 cm³/mol. The highest BCUT2D eigenvalue weighted by atomic mass is 79.9. The highest BCUT2D eigenvalue weighted by Crippen LogP contribution is 2.44. The summed E-state index contributed by atoms with van der Waals surface area (Å²) < 4.78 is 6.13. The number of benzene rings is 1. The minimum atomic E-state index is -0.513. The van der Waals surface area contributed by atoms with Gasteiger partial charge in [-0.1, -0.05) is 12.5 Å². The molecule has 1 aliphatic carbocycles. The third-order valence-electron chi connectivity index (χ3n) is 3.92. The molecule has 0 unspecified atom stereocenters. The van der Waals surface area contributed by atoms with E-state index in [2.05, 4.69) is 27.3 Å². The summed E-state index contributed by atoms with van der Waals surface area (Å²) in [5.74, 6) is 0. The zero-order valence-electron chi connectivity index (χ0n) is 12.8. The molecule has 1 aromatic rings. The first-order valence-corrected chi connectivity index (χ1v) is 8.05. The lowest BCUT2D eigenvalue weighted by atomic mass is 9.64. The van der Waals surface area contributed by atoms with Gasteiger partial charge in [0, 0.05) is 16.4 Å². The maximum atomic E-state index is 11.9. The Kier molecular flexibility index (Phi) is 4.63. The number of hydrogen-bond donors (Lipinski definition) is 2. The van der Waals surface area contributed by atoms with Crippen LogP contribution in [0.1, 0.15) is 45.6 Å². The van der Waals surface area contributed by atoms with E-state index in [0.29, 0.717) is 6.54 Å². The molecule has 1 saturated carbocycles. The average molecular weight is 355 g/mol. The Balaban J connectivity index is 2.18. The maximum absolute atomic E-state index is 11.9. The van der Waals surface area contributed by atoms with Crippen LogP contribution in [0.5, 0.6) is 0 Å². The number of halogens is 1. The molecular weight excluding hydrogens is 332 g/mol. The molecule has 0 spiro atoms. The van der Waals surface area contributed by atoms with E-state index < -0.39 is 11.7 Å². The van der Waals surface area contributed by atoms with E-state index in [9.17, 15) is 4.79 Å². The molecule has 0 saturated heterocycles. The Bertz CT molecular complexity index is 528. The lowest BCUT2D eigenvalue weighted by Gasteiger charge is -2.41. The van der Waals surface area contributed by atoms with Crippen molar-refractivity contribution in [1.29, 1.82) is 0 Å². The van der Waals surface area contributed by atoms with Crippen molar-refractivity contribution in [3.8, 4) is 0 Å². The summed E-state index contributed by atoms with van der Waals surface area (Å²) in [4.78, 5) is 11.9. The van der Waals surface area contributed by atoms with E-state index in [1.165, 1.54) is 12.0 Å². The molecule has 0 atom stereocenters. The largest absolute Gasteiger partial charge is 0.444 e. The quantitative estimate of drug-likeness (QED) is 0.855. The van der Waals surface area contributed by atoms with Gasteiger partial charge < -0.3 is 10.5 Å². The zero-order chi connectivity index (χ0) is 15.7. The molecule has 0 heterocycles. The van der Waals surface area contributed by atoms with Gasteiger partial charge in [0.1, 0.15) is 5.60 Å². The Morgan fingerprint density at radius 3 is 2.57 bits per heavy atom. The van der Waals surface area contributed by atoms with E-state index in [1.807, 2.05) is 32.9 Å². The number of carbonyl (C=O) groups is 1. The summed E-state index contributed by atoms with van der Waals surface area (Å²) in [6.07, 6.45) is 2.98. The first kappa shape index (κ1) is 16.3. The van der Waals surface area contributed by atoms with Crippen molar-refractivity contribution in [2.45, 2.75) is 51.0 Å². The first-order chi connectivity index (χ1) is 9.76. The summed E-state index contributed by atoms with van der Waals surface area (Å²) in [6.45, 7) is 6.17. The Hall–Kier alpha value is -1.07. The van der Waals surface area contributed by atoms with Crippen molar-refractivity contribution < 1.29 is 9.53 Å². The molecule has 5 heteroatoms. The SMILES string of the molecule is CC(C)(C)OC(=O)Nc1cc(C2(CN)CCC2)ccc1Br. The maximum Gasteiger partial charge on any atom is 0.412 e. The van der Waals surface area contributed by atoms with Gasteiger partial charge in [0.05, 0.1) is 5.69 Å². The van der Waals surface area contributed by atoms with Crippen LogP contribution in [0.15, 0.2) is 22.7 Å². The number of hydrogen-bond acceptors (Lipinski definition) is 3. The average Bonchev–Trinajstić information content (AvgIpc) is 2.30. The van der Waals surface area contributed by atoms with Crippen LogP contribution in [-0.2, 0) is 10.2 Å². The minimum absolute atomic E-state index is 0.0745. The van der Waals surface area contributed by atoms with Gasteiger partial charge in [-0.25, -0.2) is 4.79 Å². The van der Waals surface area contributed by atoms with Gasteiger partial charge in [-0.15, -0.1) is 0 Å². The smallest absolute Gasteiger partial charge is 0.412 e. The number of ether oxygens (including phenoxy) is 1. The second-order valence-corrected chi connectivity index (χ2v) is 7.51. The molecule has 0 aromatic heterocycles. The fraction of sp³-hybridized carbons (Fsp3) is 0.562. The van der Waals surface area contributed by atoms with Gasteiger partial charge >= 0.3 is 6.09 Å². The molecular formula is C16H23BrN2O2. The first-order valence-electron chi connectivity index (χ1n) is 7.26. The van der Waals surface area contributed by atoms with Crippen LogP contribution in [0.4, 0.5) is 10.5 Å². The molecule has 21 heavy (non-hydrogen) atoms. The summed E-state index contributed by atoms with van der Waals surface area (Å²) >= 11 is 3.47. The van der Waals surface area contributed by atoms with Crippen LogP contribution in [-0.4, -0.2) is 18.2 Å². The minimum Gasteiger partial charge on any atom is -0.444 e. The number of anilines is 1. The normalized spacial score (nSPS) is 17.0. The molecule has 0 radical (unpaired) electrons. The second kappa shape index (κ2) is 5.97. The van der Waals surface area contributed by atoms with Crippen LogP contribution in [0.3, 0.4) is 0 Å². The summed E-state index contributed by atoms with van der Waals surface area (Å²) in [5, 5.41) is 2.80. The Morgan fingerprint density at radius 1 is 1.43 bits per heavy atom. The number of rotatable bonds is 3. The Labute approximate surface area is 134 Å². The fourth-order valence-corrected chi connectivity index (χ4v) is 2.92. The van der Waals surface area contributed by atoms with E-state index in [1.54, 1.807) is 0 Å². The molecule has 1 fully saturated rings. The van der Waals surface area contributed by atoms with Crippen molar-refractivity contribution in [2.24, 2.45) is 5.73 Å². The van der Waals surface area contributed by atoms with Gasteiger partial charge in [0.2, 0.25) is 0 Å². The van der Waals surface area contributed by atoms with Gasteiger partial charge in [0.25, 0.3) is 0 Å². The van der Waals surface area contributed by atoms with E-state index >= 15 is 0 Å². The highest BCUT2D eigenvalue weighted by Gasteiger charge is 2.37. The monoisotopic (exact) mass is 354 g/mol. The Morgan fingerprint density at radius 2 is 2.10 bits per heavy atom. The second-order valence-electron chi connectivity index (χ2n) is 6.66. The van der Waals surface area contributed by atoms with Gasteiger partial charge in [0.15, 0.2) is 0 Å². The van der Waals surface area contributed by atoms with E-state index in [-0.39, 0.29) is 5.41 Å². The number of nitrogens with two attached hydrogens (primary N) is 1. The molecule has 2 rings (SSSR count). The summed E-state index contributed by atoms with van der Waals surface area (Å²) in [5.41, 5.74) is 7.42. The third kappa shape index (κ3) is 3.77. The molecule has 3 N–H and O–H groups in total. The van der Waals surface area contributed by atoms with Gasteiger partial charge in [-0.05, 0) is 67.2 Å². The molecule has 0 bridgehead atoms. The molecule has 4 nitrogen and oxygen atoms in total. The van der Waals surface area contributed by atoms with Crippen LogP contribution < -0.4 is 11.1 Å². The van der Waals surface area contributed by atoms with Crippen LogP contribution in [0.2, 0.25) is 0 Å². The van der Waals surface area contributed by atoms with Crippen molar-refractivity contribution in [1.82, 2.24) is 0 Å². The number of carbonyl (C=O) groups excluding carboxylic acids is 1. The van der Waals surface area contributed by atoms with Crippen molar-refractivity contribution in [3.63, 3.8) is 0 Å². The summed E-state index contributed by atoms with van der Waals surface area (Å²) in [6, 6.07) is 6.04. The topological polar surface area (TPSA) is 64.3 Å². The van der Waals surface area contributed by atoms with Crippen molar-refractivity contribution in [2.75, 3.05) is 11.9 Å². The zero-order valence-corrected chi connectivity index (χ0v) is 14.4. The van der Waals surface area contributed by atoms with Crippen molar-refractivity contribution in [3.05, 3.63) is 28.2 Å².